The Morgan fingerprint density at radius 2 is 1.68 bits per heavy atom. The molecule has 0 unspecified atom stereocenters. The lowest BCUT2D eigenvalue weighted by molar-refractivity contribution is 0.412. The maximum Gasteiger partial charge on any atom is 0.133 e. The number of hydrogen-bond acceptors (Lipinski definition) is 3. The molecule has 3 nitrogen and oxygen atoms in total. The SMILES string of the molecule is COc1ccc(Nc2ccc(C#N)c(Br)c2)cc1Br. The van der Waals surface area contributed by atoms with Crippen LogP contribution in [0.15, 0.2) is 45.3 Å². The van der Waals surface area contributed by atoms with Gasteiger partial charge in [-0.1, -0.05) is 0 Å². The first-order valence-electron chi connectivity index (χ1n) is 5.44. The summed E-state index contributed by atoms with van der Waals surface area (Å²) >= 11 is 6.81. The molecule has 2 rings (SSSR count). The molecular formula is C14H10Br2N2O. The van der Waals surface area contributed by atoms with Gasteiger partial charge in [-0.05, 0) is 68.3 Å². The summed E-state index contributed by atoms with van der Waals surface area (Å²) in [4.78, 5) is 0. The molecule has 0 saturated heterocycles. The quantitative estimate of drug-likeness (QED) is 0.827. The van der Waals surface area contributed by atoms with Crippen molar-refractivity contribution in [1.29, 1.82) is 5.26 Å². The zero-order chi connectivity index (χ0) is 13.8. The number of rotatable bonds is 3. The third-order valence-electron chi connectivity index (χ3n) is 2.53. The van der Waals surface area contributed by atoms with Crippen LogP contribution in [-0.4, -0.2) is 7.11 Å². The third-order valence-corrected chi connectivity index (χ3v) is 3.81. The van der Waals surface area contributed by atoms with Gasteiger partial charge < -0.3 is 10.1 Å². The Balaban J connectivity index is 2.24. The Bertz CT molecular complexity index is 650. The van der Waals surface area contributed by atoms with Crippen LogP contribution in [0.1, 0.15) is 5.56 Å². The van der Waals surface area contributed by atoms with Gasteiger partial charge in [0.15, 0.2) is 0 Å². The van der Waals surface area contributed by atoms with Gasteiger partial charge >= 0.3 is 0 Å². The Morgan fingerprint density at radius 1 is 1.05 bits per heavy atom. The van der Waals surface area contributed by atoms with E-state index in [-0.39, 0.29) is 0 Å². The van der Waals surface area contributed by atoms with Gasteiger partial charge in [-0.2, -0.15) is 5.26 Å². The second-order valence-corrected chi connectivity index (χ2v) is 5.49. The molecule has 2 aromatic carbocycles. The van der Waals surface area contributed by atoms with Gasteiger partial charge in [-0.3, -0.25) is 0 Å². The average Bonchev–Trinajstić information content (AvgIpc) is 2.39. The van der Waals surface area contributed by atoms with Crippen molar-refractivity contribution in [2.75, 3.05) is 12.4 Å². The fraction of sp³-hybridized carbons (Fsp3) is 0.0714. The minimum Gasteiger partial charge on any atom is -0.496 e. The highest BCUT2D eigenvalue weighted by molar-refractivity contribution is 9.10. The third kappa shape index (κ3) is 3.28. The highest BCUT2D eigenvalue weighted by Crippen LogP contribution is 2.30. The lowest BCUT2D eigenvalue weighted by Crippen LogP contribution is -1.92. The van der Waals surface area contributed by atoms with Crippen LogP contribution in [0.5, 0.6) is 5.75 Å². The average molecular weight is 382 g/mol. The van der Waals surface area contributed by atoms with Crippen LogP contribution in [0.2, 0.25) is 0 Å². The Labute approximate surface area is 128 Å². The second-order valence-electron chi connectivity index (χ2n) is 3.78. The summed E-state index contributed by atoms with van der Waals surface area (Å²) in [6, 6.07) is 13.4. The van der Waals surface area contributed by atoms with E-state index in [2.05, 4.69) is 43.2 Å². The van der Waals surface area contributed by atoms with Crippen molar-refractivity contribution in [2.24, 2.45) is 0 Å². The molecule has 0 amide bonds. The largest absolute Gasteiger partial charge is 0.496 e. The first-order chi connectivity index (χ1) is 9.13. The maximum absolute atomic E-state index is 8.87. The summed E-state index contributed by atoms with van der Waals surface area (Å²) < 4.78 is 6.83. The van der Waals surface area contributed by atoms with E-state index < -0.39 is 0 Å². The number of benzene rings is 2. The minimum atomic E-state index is 0.612. The van der Waals surface area contributed by atoms with Gasteiger partial charge in [0.25, 0.3) is 0 Å². The number of halogens is 2. The predicted octanol–water partition coefficient (Wildman–Crippen LogP) is 4.84. The molecule has 0 spiro atoms. The van der Waals surface area contributed by atoms with E-state index in [1.165, 1.54) is 0 Å². The fourth-order valence-corrected chi connectivity index (χ4v) is 2.60. The number of anilines is 2. The zero-order valence-electron chi connectivity index (χ0n) is 10.1. The molecule has 0 aliphatic carbocycles. The lowest BCUT2D eigenvalue weighted by atomic mass is 10.2. The first-order valence-corrected chi connectivity index (χ1v) is 7.03. The molecule has 0 radical (unpaired) electrons. The first kappa shape index (κ1) is 13.9. The molecule has 0 saturated carbocycles. The van der Waals surface area contributed by atoms with Crippen molar-refractivity contribution in [3.05, 3.63) is 50.9 Å². The molecule has 0 bridgehead atoms. The molecular weight excluding hydrogens is 372 g/mol. The van der Waals surface area contributed by atoms with Crippen LogP contribution in [0.25, 0.3) is 0 Å². The highest BCUT2D eigenvalue weighted by atomic mass is 79.9. The van der Waals surface area contributed by atoms with Gasteiger partial charge in [0, 0.05) is 15.8 Å². The Kier molecular flexibility index (Phi) is 4.46. The molecule has 0 heterocycles. The van der Waals surface area contributed by atoms with Crippen molar-refractivity contribution in [3.8, 4) is 11.8 Å². The lowest BCUT2D eigenvalue weighted by Gasteiger charge is -2.09. The van der Waals surface area contributed by atoms with Crippen LogP contribution < -0.4 is 10.1 Å². The number of methoxy groups -OCH3 is 1. The molecule has 0 aliphatic rings. The molecule has 19 heavy (non-hydrogen) atoms. The molecule has 1 N–H and O–H groups in total. The van der Waals surface area contributed by atoms with Crippen LogP contribution >= 0.6 is 31.9 Å². The van der Waals surface area contributed by atoms with Crippen LogP contribution in [0, 0.1) is 11.3 Å². The standard InChI is InChI=1S/C14H10Br2N2O/c1-19-14-5-4-11(7-13(14)16)18-10-3-2-9(8-17)12(15)6-10/h2-7,18H,1H3. The van der Waals surface area contributed by atoms with E-state index in [9.17, 15) is 0 Å². The number of hydrogen-bond donors (Lipinski definition) is 1. The summed E-state index contributed by atoms with van der Waals surface area (Å²) in [5, 5.41) is 12.1. The smallest absolute Gasteiger partial charge is 0.133 e. The summed E-state index contributed by atoms with van der Waals surface area (Å²) in [6.45, 7) is 0. The van der Waals surface area contributed by atoms with E-state index >= 15 is 0 Å². The number of nitrogens with one attached hydrogen (secondary N) is 1. The van der Waals surface area contributed by atoms with E-state index in [0.29, 0.717) is 5.56 Å². The number of ether oxygens (including phenoxy) is 1. The number of nitriles is 1. The molecule has 0 fully saturated rings. The summed E-state index contributed by atoms with van der Waals surface area (Å²) in [5.74, 6) is 0.784. The van der Waals surface area contributed by atoms with Crippen molar-refractivity contribution in [3.63, 3.8) is 0 Å². The zero-order valence-corrected chi connectivity index (χ0v) is 13.2. The molecule has 96 valence electrons. The molecule has 2 aromatic rings. The van der Waals surface area contributed by atoms with Gasteiger partial charge in [0.05, 0.1) is 17.1 Å². The van der Waals surface area contributed by atoms with Gasteiger partial charge in [-0.25, -0.2) is 0 Å². The van der Waals surface area contributed by atoms with Gasteiger partial charge in [0.2, 0.25) is 0 Å². The summed E-state index contributed by atoms with van der Waals surface area (Å²) in [7, 11) is 1.63. The van der Waals surface area contributed by atoms with E-state index in [1.54, 1.807) is 13.2 Å². The van der Waals surface area contributed by atoms with Crippen molar-refractivity contribution < 1.29 is 4.74 Å². The monoisotopic (exact) mass is 380 g/mol. The summed E-state index contributed by atoms with van der Waals surface area (Å²) in [5.41, 5.74) is 2.45. The van der Waals surface area contributed by atoms with Crippen LogP contribution in [0.3, 0.4) is 0 Å². The van der Waals surface area contributed by atoms with Crippen molar-refractivity contribution >= 4 is 43.2 Å². The van der Waals surface area contributed by atoms with Crippen molar-refractivity contribution in [2.45, 2.75) is 0 Å². The Hall–Kier alpha value is -1.51. The highest BCUT2D eigenvalue weighted by Gasteiger charge is 2.04. The van der Waals surface area contributed by atoms with Crippen LogP contribution in [-0.2, 0) is 0 Å². The Morgan fingerprint density at radius 3 is 2.21 bits per heavy atom. The molecule has 5 heteroatoms. The van der Waals surface area contributed by atoms with Gasteiger partial charge in [-0.15, -0.1) is 0 Å². The van der Waals surface area contributed by atoms with Crippen molar-refractivity contribution in [1.82, 2.24) is 0 Å². The topological polar surface area (TPSA) is 45.0 Å². The molecule has 0 atom stereocenters. The van der Waals surface area contributed by atoms with Crippen LogP contribution in [0.4, 0.5) is 11.4 Å². The molecule has 0 aliphatic heterocycles. The predicted molar refractivity (Wildman–Crippen MR) is 82.8 cm³/mol. The molecule has 0 aromatic heterocycles. The summed E-state index contributed by atoms with van der Waals surface area (Å²) in [6.07, 6.45) is 0. The minimum absolute atomic E-state index is 0.612. The maximum atomic E-state index is 8.87. The van der Waals surface area contributed by atoms with E-state index in [4.69, 9.17) is 10.00 Å². The second kappa shape index (κ2) is 6.09. The van der Waals surface area contributed by atoms with E-state index in [0.717, 1.165) is 26.1 Å². The normalized spacial score (nSPS) is 9.79. The number of nitrogens with zero attached hydrogens (tertiary/aromatic N) is 1. The van der Waals surface area contributed by atoms with Gasteiger partial charge in [0.1, 0.15) is 11.8 Å². The van der Waals surface area contributed by atoms with E-state index in [1.807, 2.05) is 30.3 Å². The fourth-order valence-electron chi connectivity index (χ4n) is 1.59.